The lowest BCUT2D eigenvalue weighted by Crippen LogP contribution is -2.55. The molecule has 1 saturated heterocycles. The molecule has 2 atom stereocenters. The molecule has 0 aliphatic carbocycles. The molecule has 0 radical (unpaired) electrons. The van der Waals surface area contributed by atoms with Crippen molar-refractivity contribution in [3.8, 4) is 0 Å². The zero-order valence-electron chi connectivity index (χ0n) is 12.6. The zero-order chi connectivity index (χ0) is 15.3. The fourth-order valence-corrected chi connectivity index (χ4v) is 3.28. The van der Waals surface area contributed by atoms with E-state index in [2.05, 4.69) is 0 Å². The summed E-state index contributed by atoms with van der Waals surface area (Å²) < 4.78 is 0. The Balaban J connectivity index is 3.21. The van der Waals surface area contributed by atoms with Crippen molar-refractivity contribution in [2.45, 2.75) is 45.6 Å². The van der Waals surface area contributed by atoms with E-state index >= 15 is 0 Å². The van der Waals surface area contributed by atoms with Crippen LogP contribution in [0.25, 0.3) is 0 Å². The number of amides is 3. The van der Waals surface area contributed by atoms with Gasteiger partial charge in [0.2, 0.25) is 0 Å². The average Bonchev–Trinajstić information content (AvgIpc) is 2.62. The van der Waals surface area contributed by atoms with Gasteiger partial charge in [-0.1, -0.05) is 27.2 Å². The van der Waals surface area contributed by atoms with Crippen LogP contribution in [-0.4, -0.2) is 63.8 Å². The number of aliphatic hydroxyl groups is 2. The molecule has 0 bridgehead atoms. The molecule has 1 rings (SSSR count). The molecule has 0 spiro atoms. The molecule has 20 heavy (non-hydrogen) atoms. The molecule has 0 aromatic carbocycles. The first-order valence-corrected chi connectivity index (χ1v) is 7.36. The number of nitrogens with zero attached hydrogens (tertiary/aromatic N) is 2. The van der Waals surface area contributed by atoms with Crippen LogP contribution < -0.4 is 0 Å². The van der Waals surface area contributed by atoms with Gasteiger partial charge in [0, 0.05) is 6.54 Å². The van der Waals surface area contributed by atoms with Gasteiger partial charge in [-0.05, 0) is 18.8 Å². The fourth-order valence-electron chi connectivity index (χ4n) is 3.28. The molecule has 1 aliphatic heterocycles. The van der Waals surface area contributed by atoms with Gasteiger partial charge in [0.25, 0.3) is 5.91 Å². The highest BCUT2D eigenvalue weighted by Gasteiger charge is 2.57. The SMILES string of the molecule is CCCC(C)C1(CC)C(=O)N(CCO)C(=O)N1CCO. The third-order valence-corrected chi connectivity index (χ3v) is 4.28. The monoisotopic (exact) mass is 286 g/mol. The molecular weight excluding hydrogens is 260 g/mol. The van der Waals surface area contributed by atoms with Crippen molar-refractivity contribution in [3.05, 3.63) is 0 Å². The predicted octanol–water partition coefficient (Wildman–Crippen LogP) is 0.820. The van der Waals surface area contributed by atoms with E-state index in [1.165, 1.54) is 4.90 Å². The van der Waals surface area contributed by atoms with E-state index in [-0.39, 0.29) is 38.1 Å². The molecule has 0 saturated carbocycles. The molecule has 116 valence electrons. The van der Waals surface area contributed by atoms with Gasteiger partial charge in [0.1, 0.15) is 5.54 Å². The second-order valence-corrected chi connectivity index (χ2v) is 5.31. The van der Waals surface area contributed by atoms with Crippen LogP contribution >= 0.6 is 0 Å². The lowest BCUT2D eigenvalue weighted by molar-refractivity contribution is -0.136. The standard InChI is InChI=1S/C14H26N2O4/c1-4-6-11(3)14(5-2)12(19)15(7-9-17)13(20)16(14)8-10-18/h11,17-18H,4-10H2,1-3H3. The number of hydrogen-bond donors (Lipinski definition) is 2. The van der Waals surface area contributed by atoms with Crippen LogP contribution in [0.2, 0.25) is 0 Å². The molecule has 0 aromatic rings. The molecule has 1 fully saturated rings. The molecule has 3 amide bonds. The van der Waals surface area contributed by atoms with Crippen LogP contribution in [-0.2, 0) is 4.79 Å². The van der Waals surface area contributed by atoms with Crippen LogP contribution in [0.5, 0.6) is 0 Å². The highest BCUT2D eigenvalue weighted by Crippen LogP contribution is 2.39. The predicted molar refractivity (Wildman–Crippen MR) is 75.1 cm³/mol. The Morgan fingerprint density at radius 2 is 1.75 bits per heavy atom. The van der Waals surface area contributed by atoms with E-state index in [1.54, 1.807) is 0 Å². The maximum absolute atomic E-state index is 12.7. The summed E-state index contributed by atoms with van der Waals surface area (Å²) >= 11 is 0. The van der Waals surface area contributed by atoms with E-state index in [1.807, 2.05) is 20.8 Å². The van der Waals surface area contributed by atoms with Crippen molar-refractivity contribution >= 4 is 11.9 Å². The maximum Gasteiger partial charge on any atom is 0.327 e. The summed E-state index contributed by atoms with van der Waals surface area (Å²) in [4.78, 5) is 27.7. The molecule has 6 nitrogen and oxygen atoms in total. The van der Waals surface area contributed by atoms with Crippen molar-refractivity contribution in [1.29, 1.82) is 0 Å². The van der Waals surface area contributed by atoms with Gasteiger partial charge in [-0.3, -0.25) is 9.69 Å². The van der Waals surface area contributed by atoms with Crippen LogP contribution in [0, 0.1) is 5.92 Å². The Labute approximate surface area is 120 Å². The molecular formula is C14H26N2O4. The van der Waals surface area contributed by atoms with Crippen molar-refractivity contribution in [1.82, 2.24) is 9.80 Å². The summed E-state index contributed by atoms with van der Waals surface area (Å²) in [5.74, 6) is -0.224. The Kier molecular flexibility index (Phi) is 5.95. The summed E-state index contributed by atoms with van der Waals surface area (Å²) in [5, 5.41) is 18.3. The van der Waals surface area contributed by atoms with E-state index in [4.69, 9.17) is 5.11 Å². The molecule has 1 aliphatic rings. The summed E-state index contributed by atoms with van der Waals surface area (Å²) in [7, 11) is 0. The minimum Gasteiger partial charge on any atom is -0.395 e. The number of imide groups is 1. The number of carbonyl (C=O) groups is 2. The van der Waals surface area contributed by atoms with Gasteiger partial charge in [-0.25, -0.2) is 4.79 Å². The first-order valence-electron chi connectivity index (χ1n) is 7.36. The lowest BCUT2D eigenvalue weighted by atomic mass is 9.78. The quantitative estimate of drug-likeness (QED) is 0.647. The van der Waals surface area contributed by atoms with Gasteiger partial charge in [-0.2, -0.15) is 0 Å². The van der Waals surface area contributed by atoms with Gasteiger partial charge in [-0.15, -0.1) is 0 Å². The Bertz CT molecular complexity index is 361. The minimum atomic E-state index is -0.884. The third-order valence-electron chi connectivity index (χ3n) is 4.28. The molecule has 2 N–H and O–H groups in total. The summed E-state index contributed by atoms with van der Waals surface area (Å²) in [6, 6.07) is -0.400. The van der Waals surface area contributed by atoms with Crippen molar-refractivity contribution in [2.24, 2.45) is 5.92 Å². The number of rotatable bonds is 8. The van der Waals surface area contributed by atoms with E-state index in [0.29, 0.717) is 6.42 Å². The number of aliphatic hydroxyl groups excluding tert-OH is 2. The highest BCUT2D eigenvalue weighted by molar-refractivity contribution is 6.07. The van der Waals surface area contributed by atoms with Gasteiger partial charge in [0.05, 0.1) is 19.8 Å². The zero-order valence-corrected chi connectivity index (χ0v) is 12.6. The second kappa shape index (κ2) is 7.04. The van der Waals surface area contributed by atoms with E-state index < -0.39 is 11.6 Å². The van der Waals surface area contributed by atoms with Crippen molar-refractivity contribution < 1.29 is 19.8 Å². The average molecular weight is 286 g/mol. The molecule has 0 aromatic heterocycles. The van der Waals surface area contributed by atoms with Crippen molar-refractivity contribution in [3.63, 3.8) is 0 Å². The first kappa shape index (κ1) is 16.9. The number of carbonyl (C=O) groups excluding carboxylic acids is 2. The van der Waals surface area contributed by atoms with Gasteiger partial charge >= 0.3 is 6.03 Å². The summed E-state index contributed by atoms with van der Waals surface area (Å²) in [6.07, 6.45) is 2.28. The summed E-state index contributed by atoms with van der Waals surface area (Å²) in [6.45, 7) is 5.66. The smallest absolute Gasteiger partial charge is 0.327 e. The van der Waals surface area contributed by atoms with Crippen LogP contribution in [0.4, 0.5) is 4.79 Å². The summed E-state index contributed by atoms with van der Waals surface area (Å²) in [5.41, 5.74) is -0.884. The van der Waals surface area contributed by atoms with E-state index in [0.717, 1.165) is 17.7 Å². The normalized spacial score (nSPS) is 24.6. The number of urea groups is 1. The third kappa shape index (κ3) is 2.54. The number of β-amino-alcohol motifs (C(OH)–C–C–N with tert-alkyl or cyclic N) is 2. The Morgan fingerprint density at radius 1 is 1.15 bits per heavy atom. The Hall–Kier alpha value is -1.14. The second-order valence-electron chi connectivity index (χ2n) is 5.31. The minimum absolute atomic E-state index is 0.0141. The topological polar surface area (TPSA) is 81.1 Å². The largest absolute Gasteiger partial charge is 0.395 e. The highest BCUT2D eigenvalue weighted by atomic mass is 16.3. The fraction of sp³-hybridized carbons (Fsp3) is 0.857. The van der Waals surface area contributed by atoms with Gasteiger partial charge < -0.3 is 15.1 Å². The van der Waals surface area contributed by atoms with Crippen molar-refractivity contribution in [2.75, 3.05) is 26.3 Å². The molecule has 6 heteroatoms. The maximum atomic E-state index is 12.7. The van der Waals surface area contributed by atoms with Crippen LogP contribution in [0.3, 0.4) is 0 Å². The van der Waals surface area contributed by atoms with Crippen LogP contribution in [0.1, 0.15) is 40.0 Å². The van der Waals surface area contributed by atoms with Gasteiger partial charge in [0.15, 0.2) is 0 Å². The van der Waals surface area contributed by atoms with E-state index in [9.17, 15) is 14.7 Å². The van der Waals surface area contributed by atoms with Crippen LogP contribution in [0.15, 0.2) is 0 Å². The number of hydrogen-bond acceptors (Lipinski definition) is 4. The Morgan fingerprint density at radius 3 is 2.20 bits per heavy atom. The first-order chi connectivity index (χ1) is 9.50. The lowest BCUT2D eigenvalue weighted by Gasteiger charge is -2.39. The molecule has 2 unspecified atom stereocenters. The molecule has 1 heterocycles.